The maximum absolute atomic E-state index is 11.9. The van der Waals surface area contributed by atoms with E-state index in [0.717, 1.165) is 5.56 Å². The topological polar surface area (TPSA) is 152 Å². The molecule has 0 amide bonds. The van der Waals surface area contributed by atoms with Crippen LogP contribution in [0.5, 0.6) is 5.75 Å². The van der Waals surface area contributed by atoms with Crippen LogP contribution in [0.15, 0.2) is 24.5 Å². The minimum absolute atomic E-state index is 0.0393. The predicted octanol–water partition coefficient (Wildman–Crippen LogP) is 2.09. The van der Waals surface area contributed by atoms with E-state index in [1.165, 1.54) is 17.7 Å². The van der Waals surface area contributed by atoms with Crippen molar-refractivity contribution in [2.45, 2.75) is 26.4 Å². The predicted molar refractivity (Wildman–Crippen MR) is 138 cm³/mol. The van der Waals surface area contributed by atoms with E-state index in [4.69, 9.17) is 22.1 Å². The van der Waals surface area contributed by atoms with Crippen molar-refractivity contribution in [2.75, 3.05) is 44.1 Å². The van der Waals surface area contributed by atoms with Crippen LogP contribution in [-0.2, 0) is 16.6 Å². The molecule has 0 aliphatic carbocycles. The minimum atomic E-state index is -3.22. The van der Waals surface area contributed by atoms with Gasteiger partial charge in [-0.05, 0) is 25.5 Å². The van der Waals surface area contributed by atoms with Crippen LogP contribution in [-0.4, -0.2) is 81.6 Å². The van der Waals surface area contributed by atoms with Gasteiger partial charge in [0.2, 0.25) is 16.0 Å². The molecular formula is C22H28ClN9O3S. The van der Waals surface area contributed by atoms with Crippen molar-refractivity contribution in [3.05, 3.63) is 41.1 Å². The molecule has 0 radical (unpaired) electrons. The SMILES string of the molecule is COc1cc(Nc2ncc(CN3CCN(S(C)(=O)=O)C[C@@H]3C)cc2-c2nc(C)nc(N)n2)cnc1Cl. The first-order chi connectivity index (χ1) is 17.0. The zero-order chi connectivity index (χ0) is 26.0. The second-order valence-electron chi connectivity index (χ2n) is 8.59. The van der Waals surface area contributed by atoms with E-state index < -0.39 is 10.0 Å². The molecule has 3 aromatic heterocycles. The van der Waals surface area contributed by atoms with E-state index in [2.05, 4.69) is 35.1 Å². The van der Waals surface area contributed by atoms with Gasteiger partial charge in [-0.2, -0.15) is 14.3 Å². The van der Waals surface area contributed by atoms with Crippen LogP contribution in [0.1, 0.15) is 18.3 Å². The minimum Gasteiger partial charge on any atom is -0.493 e. The molecule has 0 unspecified atom stereocenters. The molecule has 1 aliphatic heterocycles. The fourth-order valence-corrected chi connectivity index (χ4v) is 5.08. The molecule has 0 bridgehead atoms. The van der Waals surface area contributed by atoms with Crippen LogP contribution in [0.3, 0.4) is 0 Å². The van der Waals surface area contributed by atoms with Crippen molar-refractivity contribution in [1.29, 1.82) is 0 Å². The zero-order valence-electron chi connectivity index (χ0n) is 20.4. The van der Waals surface area contributed by atoms with Crippen molar-refractivity contribution in [3.63, 3.8) is 0 Å². The second kappa shape index (κ2) is 10.5. The summed E-state index contributed by atoms with van der Waals surface area (Å²) in [7, 11) is -1.71. The lowest BCUT2D eigenvalue weighted by Gasteiger charge is -2.38. The number of nitrogen functional groups attached to an aromatic ring is 1. The summed E-state index contributed by atoms with van der Waals surface area (Å²) in [6.07, 6.45) is 4.57. The van der Waals surface area contributed by atoms with Gasteiger partial charge in [-0.15, -0.1) is 0 Å². The fraction of sp³-hybridized carbons (Fsp3) is 0.409. The largest absolute Gasteiger partial charge is 0.493 e. The maximum Gasteiger partial charge on any atom is 0.223 e. The van der Waals surface area contributed by atoms with Gasteiger partial charge in [0.05, 0.1) is 30.8 Å². The highest BCUT2D eigenvalue weighted by Crippen LogP contribution is 2.31. The standard InChI is InChI=1S/C22H28ClN9O3S/c1-13-11-32(36(4,33)34)6-5-31(13)12-15-7-17(21-27-14(2)28-22(24)30-21)20(26-9-15)29-16-8-18(35-3)19(23)25-10-16/h7-10,13H,5-6,11-12H2,1-4H3,(H,26,29)(H2,24,27,28,30)/t13-/m0/s1. The summed E-state index contributed by atoms with van der Waals surface area (Å²) >= 11 is 6.06. The van der Waals surface area contributed by atoms with E-state index in [1.807, 2.05) is 13.0 Å². The summed E-state index contributed by atoms with van der Waals surface area (Å²) < 4.78 is 30.7. The van der Waals surface area contributed by atoms with Crippen molar-refractivity contribution < 1.29 is 13.2 Å². The molecule has 3 N–H and O–H groups in total. The number of aromatic nitrogens is 5. The Balaban J connectivity index is 1.66. The number of anilines is 3. The Kier molecular flexibility index (Phi) is 7.54. The molecule has 0 aromatic carbocycles. The Labute approximate surface area is 215 Å². The Morgan fingerprint density at radius 3 is 2.64 bits per heavy atom. The van der Waals surface area contributed by atoms with Gasteiger partial charge >= 0.3 is 0 Å². The second-order valence-corrected chi connectivity index (χ2v) is 10.9. The van der Waals surface area contributed by atoms with Crippen LogP contribution in [0.2, 0.25) is 5.15 Å². The fourth-order valence-electron chi connectivity index (χ4n) is 4.00. The van der Waals surface area contributed by atoms with Gasteiger partial charge in [0.15, 0.2) is 16.7 Å². The normalized spacial score (nSPS) is 17.2. The highest BCUT2D eigenvalue weighted by molar-refractivity contribution is 7.88. The summed E-state index contributed by atoms with van der Waals surface area (Å²) in [6.45, 7) is 5.82. The first-order valence-corrected chi connectivity index (χ1v) is 13.4. The quantitative estimate of drug-likeness (QED) is 0.429. The van der Waals surface area contributed by atoms with Crippen LogP contribution in [0.25, 0.3) is 11.4 Å². The molecule has 14 heteroatoms. The van der Waals surface area contributed by atoms with E-state index in [-0.39, 0.29) is 17.1 Å². The summed E-state index contributed by atoms with van der Waals surface area (Å²) in [5, 5.41) is 3.48. The lowest BCUT2D eigenvalue weighted by atomic mass is 10.1. The molecular weight excluding hydrogens is 506 g/mol. The molecule has 1 saturated heterocycles. The van der Waals surface area contributed by atoms with Crippen LogP contribution >= 0.6 is 11.6 Å². The summed E-state index contributed by atoms with van der Waals surface area (Å²) in [5.41, 5.74) is 8.06. The first-order valence-electron chi connectivity index (χ1n) is 11.2. The Hall–Kier alpha value is -3.13. The molecule has 12 nitrogen and oxygen atoms in total. The molecule has 4 rings (SSSR count). The number of pyridine rings is 2. The Morgan fingerprint density at radius 1 is 1.19 bits per heavy atom. The van der Waals surface area contributed by atoms with Crippen LogP contribution < -0.4 is 15.8 Å². The lowest BCUT2D eigenvalue weighted by Crippen LogP contribution is -2.52. The van der Waals surface area contributed by atoms with Gasteiger partial charge in [0, 0.05) is 44.5 Å². The van der Waals surface area contributed by atoms with Gasteiger partial charge < -0.3 is 15.8 Å². The number of hydrogen-bond acceptors (Lipinski definition) is 11. The molecule has 4 heterocycles. The van der Waals surface area contributed by atoms with E-state index in [0.29, 0.717) is 60.6 Å². The zero-order valence-corrected chi connectivity index (χ0v) is 22.0. The van der Waals surface area contributed by atoms with Crippen LogP contribution in [0.4, 0.5) is 17.5 Å². The highest BCUT2D eigenvalue weighted by atomic mass is 35.5. The third-order valence-electron chi connectivity index (χ3n) is 5.82. The van der Waals surface area contributed by atoms with Crippen molar-refractivity contribution >= 4 is 39.1 Å². The van der Waals surface area contributed by atoms with Gasteiger partial charge in [0.1, 0.15) is 11.6 Å². The number of methoxy groups -OCH3 is 1. The van der Waals surface area contributed by atoms with E-state index in [9.17, 15) is 8.42 Å². The lowest BCUT2D eigenvalue weighted by molar-refractivity contribution is 0.122. The van der Waals surface area contributed by atoms with Gasteiger partial charge in [-0.1, -0.05) is 11.6 Å². The first kappa shape index (κ1) is 25.9. The molecule has 1 aliphatic rings. The average molecular weight is 534 g/mol. The number of ether oxygens (including phenoxy) is 1. The van der Waals surface area contributed by atoms with Gasteiger partial charge in [-0.3, -0.25) is 4.90 Å². The number of piperazine rings is 1. The number of nitrogens with two attached hydrogens (primary N) is 1. The third kappa shape index (κ3) is 5.98. The van der Waals surface area contributed by atoms with E-state index in [1.54, 1.807) is 25.4 Å². The summed E-state index contributed by atoms with van der Waals surface area (Å²) in [6, 6.07) is 3.70. The van der Waals surface area contributed by atoms with Crippen molar-refractivity contribution in [3.8, 4) is 17.1 Å². The number of sulfonamides is 1. The molecule has 1 atom stereocenters. The monoisotopic (exact) mass is 533 g/mol. The van der Waals surface area contributed by atoms with Gasteiger partial charge in [0.25, 0.3) is 0 Å². The molecule has 36 heavy (non-hydrogen) atoms. The summed E-state index contributed by atoms with van der Waals surface area (Å²) in [5.74, 6) is 1.87. The van der Waals surface area contributed by atoms with Crippen molar-refractivity contribution in [1.82, 2.24) is 34.1 Å². The number of aryl methyl sites for hydroxylation is 1. The Bertz CT molecular complexity index is 1350. The smallest absolute Gasteiger partial charge is 0.223 e. The summed E-state index contributed by atoms with van der Waals surface area (Å²) in [4.78, 5) is 23.9. The molecule has 0 saturated carbocycles. The van der Waals surface area contributed by atoms with Crippen molar-refractivity contribution in [2.24, 2.45) is 0 Å². The number of nitrogens with one attached hydrogen (secondary N) is 1. The van der Waals surface area contributed by atoms with E-state index >= 15 is 0 Å². The Morgan fingerprint density at radius 2 is 1.97 bits per heavy atom. The third-order valence-corrected chi connectivity index (χ3v) is 7.38. The number of nitrogens with zero attached hydrogens (tertiary/aromatic N) is 7. The number of hydrogen-bond donors (Lipinski definition) is 2. The molecule has 0 spiro atoms. The molecule has 192 valence electrons. The van der Waals surface area contributed by atoms with Crippen LogP contribution in [0, 0.1) is 6.92 Å². The maximum atomic E-state index is 11.9. The molecule has 3 aromatic rings. The number of halogens is 1. The molecule has 1 fully saturated rings. The highest BCUT2D eigenvalue weighted by Gasteiger charge is 2.29. The number of rotatable bonds is 7. The average Bonchev–Trinajstić information content (AvgIpc) is 2.81. The van der Waals surface area contributed by atoms with Gasteiger partial charge in [-0.25, -0.2) is 23.4 Å².